The maximum absolute atomic E-state index is 7.09. The van der Waals surface area contributed by atoms with Crippen molar-refractivity contribution in [3.63, 3.8) is 0 Å². The van der Waals surface area contributed by atoms with Crippen molar-refractivity contribution in [2.75, 3.05) is 4.90 Å². The number of rotatable bonds is 5. The van der Waals surface area contributed by atoms with Gasteiger partial charge >= 0.3 is 0 Å². The van der Waals surface area contributed by atoms with Gasteiger partial charge in [-0.25, -0.2) is 0 Å². The first-order valence-corrected chi connectivity index (χ1v) is 20.2. The molecule has 0 N–H and O–H groups in total. The van der Waals surface area contributed by atoms with Gasteiger partial charge in [0.05, 0.1) is 5.69 Å². The summed E-state index contributed by atoms with van der Waals surface area (Å²) in [5.74, 6) is 0. The Balaban J connectivity index is 1.11. The van der Waals surface area contributed by atoms with Gasteiger partial charge in [0.25, 0.3) is 0 Å². The standard InChI is InChI=1S/C54H33NOS/c1-2-14-35(15-3-1)48-32-40(33-49-51(48)52-45-20-8-6-17-42(45)43-18-7-9-21-46(43)53(52)56-49)55(39-30-25-34-13-4-5-16-37(34)31-39)38-28-26-36(27-29-38)41-22-12-23-47-44-19-10-11-24-50(44)57-54(41)47/h1-33H. The molecule has 2 aromatic heterocycles. The number of hydrogen-bond acceptors (Lipinski definition) is 3. The highest BCUT2D eigenvalue weighted by Gasteiger charge is 2.23. The summed E-state index contributed by atoms with van der Waals surface area (Å²) < 4.78 is 9.72. The van der Waals surface area contributed by atoms with Crippen LogP contribution in [0.1, 0.15) is 0 Å². The summed E-state index contributed by atoms with van der Waals surface area (Å²) in [7, 11) is 0. The van der Waals surface area contributed by atoms with Crippen LogP contribution in [0.3, 0.4) is 0 Å². The molecule has 0 saturated heterocycles. The number of furan rings is 1. The maximum atomic E-state index is 7.09. The van der Waals surface area contributed by atoms with Crippen LogP contribution in [0.5, 0.6) is 0 Å². The van der Waals surface area contributed by atoms with Crippen LogP contribution >= 0.6 is 11.3 Å². The molecule has 0 aliphatic rings. The van der Waals surface area contributed by atoms with Gasteiger partial charge in [0, 0.05) is 53.8 Å². The highest BCUT2D eigenvalue weighted by molar-refractivity contribution is 7.26. The van der Waals surface area contributed by atoms with Gasteiger partial charge in [-0.15, -0.1) is 11.3 Å². The van der Waals surface area contributed by atoms with Crippen molar-refractivity contribution in [3.8, 4) is 22.3 Å². The van der Waals surface area contributed by atoms with Gasteiger partial charge in [-0.2, -0.15) is 0 Å². The zero-order chi connectivity index (χ0) is 37.5. The van der Waals surface area contributed by atoms with E-state index in [0.29, 0.717) is 0 Å². The summed E-state index contributed by atoms with van der Waals surface area (Å²) >= 11 is 1.87. The van der Waals surface area contributed by atoms with Crippen molar-refractivity contribution in [2.24, 2.45) is 0 Å². The molecule has 0 atom stereocenters. The van der Waals surface area contributed by atoms with E-state index in [2.05, 4.69) is 205 Å². The molecule has 0 spiro atoms. The summed E-state index contributed by atoms with van der Waals surface area (Å²) in [6, 6.07) is 72.6. The third kappa shape index (κ3) is 5.03. The van der Waals surface area contributed by atoms with E-state index in [1.165, 1.54) is 58.2 Å². The molecule has 2 heterocycles. The van der Waals surface area contributed by atoms with E-state index in [0.717, 1.165) is 55.5 Å². The van der Waals surface area contributed by atoms with Crippen molar-refractivity contribution in [2.45, 2.75) is 0 Å². The number of nitrogens with zero attached hydrogens (tertiary/aromatic N) is 1. The molecule has 0 amide bonds. The lowest BCUT2D eigenvalue weighted by molar-refractivity contribution is 0.673. The molecule has 12 rings (SSSR count). The van der Waals surface area contributed by atoms with Crippen molar-refractivity contribution < 1.29 is 4.42 Å². The first-order chi connectivity index (χ1) is 28.3. The minimum Gasteiger partial charge on any atom is -0.455 e. The number of thiophene rings is 1. The Hall–Kier alpha value is -7.20. The molecule has 0 radical (unpaired) electrons. The Kier molecular flexibility index (Phi) is 7.13. The zero-order valence-electron chi connectivity index (χ0n) is 30.8. The number of hydrogen-bond donors (Lipinski definition) is 0. The van der Waals surface area contributed by atoms with Gasteiger partial charge in [0.15, 0.2) is 0 Å². The van der Waals surface area contributed by atoms with Crippen molar-refractivity contribution in [3.05, 3.63) is 200 Å². The summed E-state index contributed by atoms with van der Waals surface area (Å²) in [6.45, 7) is 0. The Bertz CT molecular complexity index is 3520. The number of benzene rings is 10. The molecule has 10 aromatic carbocycles. The second-order valence-corrected chi connectivity index (χ2v) is 15.9. The fraction of sp³-hybridized carbons (Fsp3) is 0. The monoisotopic (exact) mass is 743 g/mol. The molecule has 0 bridgehead atoms. The summed E-state index contributed by atoms with van der Waals surface area (Å²) in [4.78, 5) is 2.38. The maximum Gasteiger partial charge on any atom is 0.143 e. The predicted molar refractivity (Wildman–Crippen MR) is 245 cm³/mol. The lowest BCUT2D eigenvalue weighted by Gasteiger charge is -2.27. The van der Waals surface area contributed by atoms with Crippen LogP contribution in [-0.4, -0.2) is 0 Å². The fourth-order valence-corrected chi connectivity index (χ4v) is 10.3. The van der Waals surface area contributed by atoms with Crippen LogP contribution in [0.15, 0.2) is 205 Å². The van der Waals surface area contributed by atoms with Crippen LogP contribution in [0.25, 0.3) is 96.7 Å². The van der Waals surface area contributed by atoms with Gasteiger partial charge in [-0.1, -0.05) is 158 Å². The van der Waals surface area contributed by atoms with Crippen molar-refractivity contribution in [1.29, 1.82) is 0 Å². The third-order valence-corrected chi connectivity index (χ3v) is 12.8. The molecule has 266 valence electrons. The van der Waals surface area contributed by atoms with E-state index in [9.17, 15) is 0 Å². The smallest absolute Gasteiger partial charge is 0.143 e. The summed E-state index contributed by atoms with van der Waals surface area (Å²) in [5, 5.41) is 12.1. The molecular weight excluding hydrogens is 711 g/mol. The molecule has 2 nitrogen and oxygen atoms in total. The largest absolute Gasteiger partial charge is 0.455 e. The average molecular weight is 744 g/mol. The number of fused-ring (bicyclic) bond motifs is 12. The van der Waals surface area contributed by atoms with Crippen LogP contribution in [0.4, 0.5) is 17.1 Å². The van der Waals surface area contributed by atoms with Gasteiger partial charge in [-0.3, -0.25) is 0 Å². The zero-order valence-corrected chi connectivity index (χ0v) is 31.6. The molecule has 0 fully saturated rings. The summed E-state index contributed by atoms with van der Waals surface area (Å²) in [6.07, 6.45) is 0. The van der Waals surface area contributed by atoms with Crippen molar-refractivity contribution >= 4 is 103 Å². The fourth-order valence-electron chi connectivity index (χ4n) is 9.01. The molecule has 0 saturated carbocycles. The van der Waals surface area contributed by atoms with Crippen molar-refractivity contribution in [1.82, 2.24) is 0 Å². The van der Waals surface area contributed by atoms with E-state index < -0.39 is 0 Å². The van der Waals surface area contributed by atoms with Crippen LogP contribution in [-0.2, 0) is 0 Å². The Labute approximate surface area is 333 Å². The van der Waals surface area contributed by atoms with Gasteiger partial charge < -0.3 is 9.32 Å². The molecule has 0 aliphatic heterocycles. The number of anilines is 3. The third-order valence-electron chi connectivity index (χ3n) is 11.6. The molecule has 0 unspecified atom stereocenters. The topological polar surface area (TPSA) is 16.4 Å². The Morgan fingerprint density at radius 2 is 1.00 bits per heavy atom. The molecule has 3 heteroatoms. The average Bonchev–Trinajstić information content (AvgIpc) is 3.86. The van der Waals surface area contributed by atoms with E-state index in [-0.39, 0.29) is 0 Å². The SMILES string of the molecule is c1ccc(-c2cc(N(c3ccc(-c4cccc5c4sc4ccccc45)cc3)c3ccc4ccccc4c3)cc3oc4c5ccccc5c5ccccc5c4c23)cc1. The van der Waals surface area contributed by atoms with Gasteiger partial charge in [0.2, 0.25) is 0 Å². The van der Waals surface area contributed by atoms with E-state index in [1.807, 2.05) is 11.3 Å². The predicted octanol–water partition coefficient (Wildman–Crippen LogP) is 16.2. The lowest BCUT2D eigenvalue weighted by Crippen LogP contribution is -2.10. The molecule has 12 aromatic rings. The van der Waals surface area contributed by atoms with E-state index in [1.54, 1.807) is 0 Å². The van der Waals surface area contributed by atoms with Crippen LogP contribution in [0, 0.1) is 0 Å². The summed E-state index contributed by atoms with van der Waals surface area (Å²) in [5.41, 5.74) is 9.71. The van der Waals surface area contributed by atoms with Gasteiger partial charge in [-0.05, 0) is 85.6 Å². The van der Waals surface area contributed by atoms with Crippen LogP contribution in [0.2, 0.25) is 0 Å². The highest BCUT2D eigenvalue weighted by atomic mass is 32.1. The van der Waals surface area contributed by atoms with Crippen LogP contribution < -0.4 is 4.90 Å². The van der Waals surface area contributed by atoms with E-state index in [4.69, 9.17) is 4.42 Å². The minimum absolute atomic E-state index is 0.863. The Morgan fingerprint density at radius 3 is 1.82 bits per heavy atom. The van der Waals surface area contributed by atoms with E-state index >= 15 is 0 Å². The second-order valence-electron chi connectivity index (χ2n) is 14.8. The minimum atomic E-state index is 0.863. The normalized spacial score (nSPS) is 11.9. The molecule has 0 aliphatic carbocycles. The highest BCUT2D eigenvalue weighted by Crippen LogP contribution is 2.48. The quantitative estimate of drug-likeness (QED) is 0.163. The first kappa shape index (κ1) is 32.1. The lowest BCUT2D eigenvalue weighted by atomic mass is 9.93. The Morgan fingerprint density at radius 1 is 0.368 bits per heavy atom. The van der Waals surface area contributed by atoms with Gasteiger partial charge in [0.1, 0.15) is 11.2 Å². The first-order valence-electron chi connectivity index (χ1n) is 19.4. The molecule has 57 heavy (non-hydrogen) atoms. The molecular formula is C54H33NOS. The second kappa shape index (κ2) is 12.7.